The summed E-state index contributed by atoms with van der Waals surface area (Å²) in [7, 11) is 1.61. The van der Waals surface area contributed by atoms with Crippen LogP contribution in [0.4, 0.5) is 15.9 Å². The van der Waals surface area contributed by atoms with E-state index in [2.05, 4.69) is 20.2 Å². The average molecular weight is 459 g/mol. The van der Waals surface area contributed by atoms with E-state index in [1.807, 2.05) is 12.1 Å². The van der Waals surface area contributed by atoms with Gasteiger partial charge in [-0.2, -0.15) is 0 Å². The van der Waals surface area contributed by atoms with Crippen molar-refractivity contribution in [1.29, 1.82) is 0 Å². The number of nitrogens with one attached hydrogen (secondary N) is 1. The van der Waals surface area contributed by atoms with Gasteiger partial charge in [0.05, 0.1) is 37.5 Å². The molecular weight excluding hydrogens is 435 g/mol. The van der Waals surface area contributed by atoms with Gasteiger partial charge in [0.2, 0.25) is 0 Å². The maximum Gasteiger partial charge on any atom is 0.162 e. The molecule has 32 heavy (non-hydrogen) atoms. The van der Waals surface area contributed by atoms with Gasteiger partial charge in [0.1, 0.15) is 18.0 Å². The molecule has 3 aromatic rings. The molecule has 2 aromatic carbocycles. The molecule has 0 bridgehead atoms. The van der Waals surface area contributed by atoms with E-state index in [4.69, 9.17) is 25.8 Å². The van der Waals surface area contributed by atoms with Crippen LogP contribution in [0, 0.1) is 11.2 Å². The Hall–Kier alpha value is -2.68. The third kappa shape index (κ3) is 4.18. The molecule has 1 spiro atoms. The van der Waals surface area contributed by atoms with Crippen LogP contribution in [-0.2, 0) is 4.74 Å². The minimum Gasteiger partial charge on any atom is -0.493 e. The largest absolute Gasteiger partial charge is 0.493 e. The Balaban J connectivity index is 1.28. The third-order valence-corrected chi connectivity index (χ3v) is 6.20. The van der Waals surface area contributed by atoms with Crippen molar-refractivity contribution >= 4 is 34.0 Å². The van der Waals surface area contributed by atoms with Crippen molar-refractivity contribution in [3.05, 3.63) is 47.5 Å². The van der Waals surface area contributed by atoms with Crippen molar-refractivity contribution in [3.63, 3.8) is 0 Å². The zero-order valence-electron chi connectivity index (χ0n) is 17.7. The number of fused-ring (bicyclic) bond motifs is 1. The standard InChI is InChI=1S/C23H24ClFN4O3/c1-30-20-9-19-16(22(27-14-26-19)28-15-3-4-18(25)17(24)7-15)8-21(20)32-6-2-5-29-10-23(11-29)12-31-13-23/h3-4,7-9,14H,2,5-6,10-13H2,1H3,(H,26,27,28). The smallest absolute Gasteiger partial charge is 0.162 e. The summed E-state index contributed by atoms with van der Waals surface area (Å²) >= 11 is 5.90. The summed E-state index contributed by atoms with van der Waals surface area (Å²) in [5, 5.41) is 3.98. The Bertz CT molecular complexity index is 1130. The van der Waals surface area contributed by atoms with Crippen molar-refractivity contribution in [2.24, 2.45) is 5.41 Å². The number of halogens is 2. The monoisotopic (exact) mass is 458 g/mol. The molecule has 0 atom stereocenters. The minimum absolute atomic E-state index is 0.0389. The van der Waals surface area contributed by atoms with Gasteiger partial charge in [-0.3, -0.25) is 0 Å². The number of hydrogen-bond donors (Lipinski definition) is 1. The van der Waals surface area contributed by atoms with Crippen LogP contribution in [0.3, 0.4) is 0 Å². The van der Waals surface area contributed by atoms with Crippen molar-refractivity contribution in [3.8, 4) is 11.5 Å². The lowest BCUT2D eigenvalue weighted by atomic mass is 9.78. The van der Waals surface area contributed by atoms with Gasteiger partial charge in [-0.05, 0) is 30.7 Å². The van der Waals surface area contributed by atoms with Gasteiger partial charge in [-0.25, -0.2) is 14.4 Å². The first-order valence-corrected chi connectivity index (χ1v) is 10.9. The van der Waals surface area contributed by atoms with E-state index in [0.29, 0.717) is 40.5 Å². The summed E-state index contributed by atoms with van der Waals surface area (Å²) in [5.41, 5.74) is 1.76. The quantitative estimate of drug-likeness (QED) is 0.505. The van der Waals surface area contributed by atoms with E-state index < -0.39 is 5.82 Å². The van der Waals surface area contributed by atoms with Crippen LogP contribution < -0.4 is 14.8 Å². The molecular formula is C23H24ClFN4O3. The predicted molar refractivity (Wildman–Crippen MR) is 121 cm³/mol. The average Bonchev–Trinajstić information content (AvgIpc) is 2.73. The molecule has 5 rings (SSSR count). The van der Waals surface area contributed by atoms with Gasteiger partial charge >= 0.3 is 0 Å². The SMILES string of the molecule is COc1cc2ncnc(Nc3ccc(F)c(Cl)c3)c2cc1OCCCN1CC2(COC2)C1. The van der Waals surface area contributed by atoms with Crippen molar-refractivity contribution in [2.45, 2.75) is 6.42 Å². The lowest BCUT2D eigenvalue weighted by molar-refractivity contribution is -0.189. The molecule has 2 aliphatic rings. The first-order chi connectivity index (χ1) is 15.5. The molecule has 0 aliphatic carbocycles. The fourth-order valence-corrected chi connectivity index (χ4v) is 4.43. The van der Waals surface area contributed by atoms with E-state index >= 15 is 0 Å². The number of ether oxygens (including phenoxy) is 3. The second-order valence-electron chi connectivity index (χ2n) is 8.40. The van der Waals surface area contributed by atoms with Crippen LogP contribution in [-0.4, -0.2) is 61.4 Å². The number of hydrogen-bond acceptors (Lipinski definition) is 7. The summed E-state index contributed by atoms with van der Waals surface area (Å²) in [4.78, 5) is 11.1. The molecule has 2 fully saturated rings. The summed E-state index contributed by atoms with van der Waals surface area (Å²) < 4.78 is 30.4. The van der Waals surface area contributed by atoms with E-state index in [1.54, 1.807) is 13.2 Å². The molecule has 0 unspecified atom stereocenters. The highest BCUT2D eigenvalue weighted by atomic mass is 35.5. The zero-order chi connectivity index (χ0) is 22.1. The van der Waals surface area contributed by atoms with Gasteiger partial charge in [-0.1, -0.05) is 11.6 Å². The molecule has 0 amide bonds. The van der Waals surface area contributed by atoms with E-state index in [1.165, 1.54) is 18.5 Å². The molecule has 2 saturated heterocycles. The topological polar surface area (TPSA) is 68.7 Å². The van der Waals surface area contributed by atoms with Gasteiger partial charge in [0, 0.05) is 42.2 Å². The van der Waals surface area contributed by atoms with Gasteiger partial charge in [0.25, 0.3) is 0 Å². The predicted octanol–water partition coefficient (Wildman–Crippen LogP) is 4.28. The van der Waals surface area contributed by atoms with Crippen LogP contribution in [0.2, 0.25) is 5.02 Å². The number of aromatic nitrogens is 2. The highest BCUT2D eigenvalue weighted by Gasteiger charge is 2.48. The molecule has 9 heteroatoms. The summed E-state index contributed by atoms with van der Waals surface area (Å²) in [5.74, 6) is 1.34. The highest BCUT2D eigenvalue weighted by molar-refractivity contribution is 6.31. The van der Waals surface area contributed by atoms with Gasteiger partial charge in [-0.15, -0.1) is 0 Å². The van der Waals surface area contributed by atoms with Gasteiger partial charge < -0.3 is 24.4 Å². The molecule has 3 heterocycles. The second-order valence-corrected chi connectivity index (χ2v) is 8.81. The Kier molecular flexibility index (Phi) is 5.75. The summed E-state index contributed by atoms with van der Waals surface area (Å²) in [6.45, 7) is 5.61. The minimum atomic E-state index is -0.473. The maximum absolute atomic E-state index is 13.5. The van der Waals surface area contributed by atoms with Crippen LogP contribution >= 0.6 is 11.6 Å². The fraction of sp³-hybridized carbons (Fsp3) is 0.391. The molecule has 0 saturated carbocycles. The first kappa shape index (κ1) is 21.2. The Morgan fingerprint density at radius 1 is 1.19 bits per heavy atom. The van der Waals surface area contributed by atoms with Crippen LogP contribution in [0.25, 0.3) is 10.9 Å². The summed E-state index contributed by atoms with van der Waals surface area (Å²) in [6.07, 6.45) is 2.38. The van der Waals surface area contributed by atoms with Crippen molar-refractivity contribution in [2.75, 3.05) is 51.9 Å². The number of methoxy groups -OCH3 is 1. The Labute approximate surface area is 190 Å². The van der Waals surface area contributed by atoms with Crippen LogP contribution in [0.5, 0.6) is 11.5 Å². The van der Waals surface area contributed by atoms with Gasteiger partial charge in [0.15, 0.2) is 11.5 Å². The number of anilines is 2. The fourth-order valence-electron chi connectivity index (χ4n) is 4.25. The van der Waals surface area contributed by atoms with Crippen molar-refractivity contribution < 1.29 is 18.6 Å². The highest BCUT2D eigenvalue weighted by Crippen LogP contribution is 2.38. The van der Waals surface area contributed by atoms with Crippen LogP contribution in [0.15, 0.2) is 36.7 Å². The molecule has 2 aliphatic heterocycles. The Morgan fingerprint density at radius 2 is 2.03 bits per heavy atom. The summed E-state index contributed by atoms with van der Waals surface area (Å²) in [6, 6.07) is 8.12. The van der Waals surface area contributed by atoms with Crippen LogP contribution in [0.1, 0.15) is 6.42 Å². The molecule has 168 valence electrons. The number of benzene rings is 2. The van der Waals surface area contributed by atoms with E-state index in [0.717, 1.165) is 44.7 Å². The Morgan fingerprint density at radius 3 is 2.75 bits per heavy atom. The van der Waals surface area contributed by atoms with Crippen molar-refractivity contribution in [1.82, 2.24) is 14.9 Å². The third-order valence-electron chi connectivity index (χ3n) is 5.91. The number of rotatable bonds is 8. The molecule has 7 nitrogen and oxygen atoms in total. The maximum atomic E-state index is 13.5. The zero-order valence-corrected chi connectivity index (χ0v) is 18.5. The lowest BCUT2D eigenvalue weighted by Crippen LogP contribution is -2.65. The lowest BCUT2D eigenvalue weighted by Gasteiger charge is -2.55. The molecule has 1 aromatic heterocycles. The van der Waals surface area contributed by atoms with E-state index in [-0.39, 0.29) is 5.02 Å². The van der Waals surface area contributed by atoms with E-state index in [9.17, 15) is 4.39 Å². The number of likely N-dealkylation sites (tertiary alicyclic amines) is 1. The first-order valence-electron chi connectivity index (χ1n) is 10.5. The molecule has 1 N–H and O–H groups in total. The number of nitrogens with zero attached hydrogens (tertiary/aromatic N) is 3. The molecule has 0 radical (unpaired) electrons. The second kappa shape index (κ2) is 8.69. The normalized spacial score (nSPS) is 17.1.